The predicted octanol–water partition coefficient (Wildman–Crippen LogP) is 2.74. The van der Waals surface area contributed by atoms with E-state index in [9.17, 15) is 14.3 Å². The minimum atomic E-state index is -0.595. The molecule has 1 aromatic heterocycles. The molecule has 178 valence electrons. The topological polar surface area (TPSA) is 105 Å². The number of ketones is 1. The van der Waals surface area contributed by atoms with Gasteiger partial charge in [0, 0.05) is 49.9 Å². The molecule has 1 saturated heterocycles. The van der Waals surface area contributed by atoms with Gasteiger partial charge in [0.2, 0.25) is 11.8 Å². The fraction of sp³-hybridized carbons (Fsp3) is 0.320. The van der Waals surface area contributed by atoms with Gasteiger partial charge in [0.25, 0.3) is 0 Å². The first-order chi connectivity index (χ1) is 16.3. The lowest BCUT2D eigenvalue weighted by Gasteiger charge is -2.32. The number of hydrogen-bond acceptors (Lipinski definition) is 8. The van der Waals surface area contributed by atoms with Gasteiger partial charge in [-0.05, 0) is 49.9 Å². The summed E-state index contributed by atoms with van der Waals surface area (Å²) in [6.45, 7) is 6.93. The van der Waals surface area contributed by atoms with E-state index in [1.807, 2.05) is 0 Å². The number of halogens is 1. The highest BCUT2D eigenvalue weighted by Crippen LogP contribution is 2.31. The fourth-order valence-corrected chi connectivity index (χ4v) is 3.85. The Bertz CT molecular complexity index is 1200. The number of nitrogens with zero attached hydrogens (tertiary/aromatic N) is 4. The summed E-state index contributed by atoms with van der Waals surface area (Å²) in [6, 6.07) is 10.3. The van der Waals surface area contributed by atoms with Gasteiger partial charge in [-0.2, -0.15) is 4.98 Å². The summed E-state index contributed by atoms with van der Waals surface area (Å²) >= 11 is 0. The summed E-state index contributed by atoms with van der Waals surface area (Å²) < 4.78 is 20.1. The Hall–Kier alpha value is -3.56. The number of aryl methyl sites for hydroxylation is 1. The predicted molar refractivity (Wildman–Crippen MR) is 128 cm³/mol. The van der Waals surface area contributed by atoms with Gasteiger partial charge in [-0.15, -0.1) is 0 Å². The number of aromatic hydroxyl groups is 1. The van der Waals surface area contributed by atoms with E-state index < -0.39 is 11.6 Å². The zero-order chi connectivity index (χ0) is 24.2. The molecule has 1 aliphatic rings. The maximum Gasteiger partial charge on any atom is 0.223 e. The number of nitrogen functional groups attached to an aromatic ring is 1. The smallest absolute Gasteiger partial charge is 0.223 e. The second-order valence-electron chi connectivity index (χ2n) is 8.49. The highest BCUT2D eigenvalue weighted by Gasteiger charge is 2.18. The second kappa shape index (κ2) is 10.1. The number of piperazine rings is 1. The van der Waals surface area contributed by atoms with Crippen LogP contribution in [0.3, 0.4) is 0 Å². The van der Waals surface area contributed by atoms with Crippen molar-refractivity contribution in [3.8, 4) is 22.9 Å². The molecule has 1 fully saturated rings. The van der Waals surface area contributed by atoms with Gasteiger partial charge in [-0.3, -0.25) is 9.69 Å². The number of nitrogens with two attached hydrogens (primary N) is 1. The average molecular weight is 466 g/mol. The van der Waals surface area contributed by atoms with Crippen molar-refractivity contribution >= 4 is 11.7 Å². The number of carbonyl (C=O) groups is 1. The first kappa shape index (κ1) is 23.6. The maximum atomic E-state index is 14.3. The summed E-state index contributed by atoms with van der Waals surface area (Å²) in [5, 5.41) is 10.4. The van der Waals surface area contributed by atoms with Crippen LogP contribution in [0.15, 0.2) is 42.5 Å². The molecular weight excluding hydrogens is 437 g/mol. The van der Waals surface area contributed by atoms with Crippen molar-refractivity contribution in [1.82, 2.24) is 19.8 Å². The number of carbonyl (C=O) groups excluding carboxylic acids is 1. The molecule has 2 heterocycles. The fourth-order valence-electron chi connectivity index (χ4n) is 3.85. The van der Waals surface area contributed by atoms with E-state index in [1.54, 1.807) is 19.1 Å². The zero-order valence-corrected chi connectivity index (χ0v) is 19.3. The molecule has 0 atom stereocenters. The second-order valence-corrected chi connectivity index (χ2v) is 8.49. The van der Waals surface area contributed by atoms with Gasteiger partial charge in [0.15, 0.2) is 5.78 Å². The number of likely N-dealkylation sites (N-methyl/N-ethyl adjacent to an activating group) is 1. The highest BCUT2D eigenvalue weighted by atomic mass is 19.1. The molecule has 0 saturated carbocycles. The van der Waals surface area contributed by atoms with Crippen LogP contribution in [0.1, 0.15) is 21.5 Å². The van der Waals surface area contributed by atoms with Crippen LogP contribution in [-0.4, -0.2) is 77.0 Å². The van der Waals surface area contributed by atoms with Crippen LogP contribution >= 0.6 is 0 Å². The van der Waals surface area contributed by atoms with Crippen LogP contribution < -0.4 is 10.5 Å². The van der Waals surface area contributed by atoms with Crippen LogP contribution in [-0.2, 0) is 0 Å². The van der Waals surface area contributed by atoms with Gasteiger partial charge in [0.1, 0.15) is 18.2 Å². The van der Waals surface area contributed by atoms with Gasteiger partial charge < -0.3 is 20.5 Å². The number of ether oxygens (including phenoxy) is 1. The molecule has 1 aliphatic heterocycles. The Kier molecular flexibility index (Phi) is 7.04. The van der Waals surface area contributed by atoms with E-state index in [4.69, 9.17) is 10.5 Å². The average Bonchev–Trinajstić information content (AvgIpc) is 2.80. The normalized spacial score (nSPS) is 14.8. The van der Waals surface area contributed by atoms with Crippen molar-refractivity contribution in [2.24, 2.45) is 0 Å². The number of hydrogen-bond donors (Lipinski definition) is 2. The van der Waals surface area contributed by atoms with Crippen molar-refractivity contribution in [2.45, 2.75) is 6.92 Å². The first-order valence-electron chi connectivity index (χ1n) is 11.1. The minimum Gasteiger partial charge on any atom is -0.507 e. The van der Waals surface area contributed by atoms with Crippen molar-refractivity contribution in [2.75, 3.05) is 52.1 Å². The highest BCUT2D eigenvalue weighted by molar-refractivity contribution is 6.10. The number of rotatable bonds is 7. The number of aromatic nitrogens is 2. The molecule has 9 heteroatoms. The molecule has 3 N–H and O–H groups in total. The molecular formula is C25H28FN5O3. The summed E-state index contributed by atoms with van der Waals surface area (Å²) in [5.41, 5.74) is 7.35. The van der Waals surface area contributed by atoms with E-state index in [1.165, 1.54) is 30.3 Å². The van der Waals surface area contributed by atoms with E-state index >= 15 is 0 Å². The molecule has 34 heavy (non-hydrogen) atoms. The third-order valence-corrected chi connectivity index (χ3v) is 5.88. The zero-order valence-electron chi connectivity index (χ0n) is 19.3. The first-order valence-corrected chi connectivity index (χ1v) is 11.1. The van der Waals surface area contributed by atoms with E-state index in [2.05, 4.69) is 26.8 Å². The molecule has 0 spiro atoms. The molecule has 0 unspecified atom stereocenters. The number of benzene rings is 2. The number of phenols is 1. The van der Waals surface area contributed by atoms with E-state index in [0.717, 1.165) is 38.3 Å². The molecule has 0 radical (unpaired) electrons. The van der Waals surface area contributed by atoms with Crippen LogP contribution in [0.4, 0.5) is 10.3 Å². The molecule has 2 aromatic carbocycles. The Morgan fingerprint density at radius 3 is 2.62 bits per heavy atom. The minimum absolute atomic E-state index is 0.0206. The lowest BCUT2D eigenvalue weighted by Crippen LogP contribution is -2.45. The monoisotopic (exact) mass is 465 g/mol. The lowest BCUT2D eigenvalue weighted by atomic mass is 9.98. The summed E-state index contributed by atoms with van der Waals surface area (Å²) in [5.74, 6) is -0.932. The Labute approximate surface area is 197 Å². The third kappa shape index (κ3) is 5.49. The van der Waals surface area contributed by atoms with Gasteiger partial charge in [-0.1, -0.05) is 6.07 Å². The number of phenolic OH excluding ortho intramolecular Hbond substituents is 1. The summed E-state index contributed by atoms with van der Waals surface area (Å²) in [6.07, 6.45) is 0. The summed E-state index contributed by atoms with van der Waals surface area (Å²) in [4.78, 5) is 25.8. The maximum absolute atomic E-state index is 14.3. The Morgan fingerprint density at radius 2 is 1.88 bits per heavy atom. The van der Waals surface area contributed by atoms with Crippen molar-refractivity contribution in [3.05, 3.63) is 65.0 Å². The van der Waals surface area contributed by atoms with E-state index in [-0.39, 0.29) is 34.3 Å². The SMILES string of the molecule is Cc1ccc(C(=O)c2ccc(O)c(-c3cc(OCCN4CCN(C)CC4)nc(N)n3)c2)c(F)c1. The summed E-state index contributed by atoms with van der Waals surface area (Å²) in [7, 11) is 2.11. The quantitative estimate of drug-likeness (QED) is 0.514. The molecule has 0 bridgehead atoms. The Balaban J connectivity index is 1.53. The van der Waals surface area contributed by atoms with E-state index in [0.29, 0.717) is 12.3 Å². The lowest BCUT2D eigenvalue weighted by molar-refractivity contribution is 0.103. The number of anilines is 1. The standard InChI is InChI=1S/C25H28FN5O3/c1-16-3-5-18(20(26)13-16)24(33)17-4-6-22(32)19(14-17)21-15-23(29-25(27)28-21)34-12-11-31-9-7-30(2)8-10-31/h3-6,13-15,32H,7-12H2,1-2H3,(H2,27,28,29). The Morgan fingerprint density at radius 1 is 1.12 bits per heavy atom. The van der Waals surface area contributed by atoms with Gasteiger partial charge >= 0.3 is 0 Å². The van der Waals surface area contributed by atoms with Crippen molar-refractivity contribution in [3.63, 3.8) is 0 Å². The van der Waals surface area contributed by atoms with Crippen LogP contribution in [0.2, 0.25) is 0 Å². The molecule has 4 rings (SSSR count). The van der Waals surface area contributed by atoms with Gasteiger partial charge in [-0.25, -0.2) is 9.37 Å². The van der Waals surface area contributed by atoms with Gasteiger partial charge in [0.05, 0.1) is 11.3 Å². The molecule has 0 amide bonds. The molecule has 0 aliphatic carbocycles. The van der Waals surface area contributed by atoms with Crippen LogP contribution in [0.25, 0.3) is 11.3 Å². The van der Waals surface area contributed by atoms with Crippen LogP contribution in [0, 0.1) is 12.7 Å². The van der Waals surface area contributed by atoms with Crippen molar-refractivity contribution in [1.29, 1.82) is 0 Å². The third-order valence-electron chi connectivity index (χ3n) is 5.88. The van der Waals surface area contributed by atoms with Crippen LogP contribution in [0.5, 0.6) is 11.6 Å². The largest absolute Gasteiger partial charge is 0.507 e. The van der Waals surface area contributed by atoms with Crippen molar-refractivity contribution < 1.29 is 19.0 Å². The molecule has 3 aromatic rings. The molecule has 8 nitrogen and oxygen atoms in total.